The number of nitrogens with zero attached hydrogens (tertiary/aromatic N) is 1. The third-order valence-electron chi connectivity index (χ3n) is 4.13. The number of hydrazone groups is 1. The van der Waals surface area contributed by atoms with Crippen LogP contribution in [-0.4, -0.2) is 37.7 Å². The molecule has 0 bridgehead atoms. The van der Waals surface area contributed by atoms with Gasteiger partial charge in [-0.25, -0.2) is 10.2 Å². The first kappa shape index (κ1) is 23.1. The lowest BCUT2D eigenvalue weighted by molar-refractivity contribution is -0.136. The highest BCUT2D eigenvalue weighted by molar-refractivity contribution is 6.39. The number of esters is 1. The summed E-state index contributed by atoms with van der Waals surface area (Å²) >= 11 is 0. The molecule has 170 valence electrons. The van der Waals surface area contributed by atoms with Gasteiger partial charge in [0.2, 0.25) is 5.76 Å². The van der Waals surface area contributed by atoms with Crippen LogP contribution in [0.3, 0.4) is 0 Å². The minimum Gasteiger partial charge on any atom is -0.493 e. The van der Waals surface area contributed by atoms with Crippen molar-refractivity contribution in [1.29, 1.82) is 0 Å². The van der Waals surface area contributed by atoms with Gasteiger partial charge in [0.15, 0.2) is 11.5 Å². The fourth-order valence-electron chi connectivity index (χ4n) is 2.64. The molecule has 1 heterocycles. The van der Waals surface area contributed by atoms with Crippen LogP contribution in [0.15, 0.2) is 70.4 Å². The van der Waals surface area contributed by atoms with Crippen molar-refractivity contribution in [3.05, 3.63) is 72.2 Å². The molecular weight excluding hydrogens is 430 g/mol. The highest BCUT2D eigenvalue weighted by Gasteiger charge is 2.16. The van der Waals surface area contributed by atoms with E-state index >= 15 is 0 Å². The van der Waals surface area contributed by atoms with E-state index in [4.69, 9.17) is 18.6 Å². The van der Waals surface area contributed by atoms with Gasteiger partial charge in [0.1, 0.15) is 5.75 Å². The Bertz CT molecular complexity index is 1160. The first-order valence-electron chi connectivity index (χ1n) is 9.81. The molecule has 0 aliphatic heterocycles. The zero-order chi connectivity index (χ0) is 23.6. The lowest BCUT2D eigenvalue weighted by Gasteiger charge is -2.10. The molecule has 2 N–H and O–H groups in total. The number of hydrogen-bond donors (Lipinski definition) is 2. The Morgan fingerprint density at radius 1 is 1.00 bits per heavy atom. The van der Waals surface area contributed by atoms with Crippen LogP contribution < -0.4 is 25.0 Å². The van der Waals surface area contributed by atoms with E-state index in [1.54, 1.807) is 42.5 Å². The first-order chi connectivity index (χ1) is 16.0. The Morgan fingerprint density at radius 2 is 1.82 bits per heavy atom. The van der Waals surface area contributed by atoms with Gasteiger partial charge in [-0.1, -0.05) is 12.1 Å². The lowest BCUT2D eigenvalue weighted by atomic mass is 10.2. The summed E-state index contributed by atoms with van der Waals surface area (Å²) < 4.78 is 20.9. The van der Waals surface area contributed by atoms with Crippen LogP contribution >= 0.6 is 0 Å². The minimum atomic E-state index is -0.964. The Labute approximate surface area is 189 Å². The third kappa shape index (κ3) is 6.20. The molecule has 0 radical (unpaired) electrons. The number of anilines is 1. The van der Waals surface area contributed by atoms with Gasteiger partial charge in [-0.15, -0.1) is 0 Å². The quantitative estimate of drug-likeness (QED) is 0.177. The van der Waals surface area contributed by atoms with Crippen molar-refractivity contribution >= 4 is 29.7 Å². The van der Waals surface area contributed by atoms with E-state index in [2.05, 4.69) is 15.8 Å². The van der Waals surface area contributed by atoms with Crippen molar-refractivity contribution in [3.63, 3.8) is 0 Å². The second-order valence-electron chi connectivity index (χ2n) is 6.36. The summed E-state index contributed by atoms with van der Waals surface area (Å²) in [5, 5.41) is 6.25. The summed E-state index contributed by atoms with van der Waals surface area (Å²) in [6.45, 7) is 2.22. The molecule has 2 aromatic carbocycles. The van der Waals surface area contributed by atoms with Gasteiger partial charge in [-0.2, -0.15) is 5.10 Å². The number of methoxy groups -OCH3 is 1. The third-order valence-corrected chi connectivity index (χ3v) is 4.13. The van der Waals surface area contributed by atoms with E-state index < -0.39 is 17.8 Å². The largest absolute Gasteiger partial charge is 0.493 e. The molecule has 10 nitrogen and oxygen atoms in total. The molecule has 0 fully saturated rings. The van der Waals surface area contributed by atoms with E-state index in [-0.39, 0.29) is 17.3 Å². The predicted octanol–water partition coefficient (Wildman–Crippen LogP) is 2.99. The fraction of sp³-hybridized carbons (Fsp3) is 0.130. The van der Waals surface area contributed by atoms with Gasteiger partial charge in [0.05, 0.1) is 31.9 Å². The summed E-state index contributed by atoms with van der Waals surface area (Å²) in [6.07, 6.45) is 2.67. The fourth-order valence-corrected chi connectivity index (χ4v) is 2.64. The van der Waals surface area contributed by atoms with E-state index in [1.165, 1.54) is 31.7 Å². The second-order valence-corrected chi connectivity index (χ2v) is 6.36. The van der Waals surface area contributed by atoms with E-state index in [1.807, 2.05) is 6.92 Å². The molecule has 3 aromatic rings. The summed E-state index contributed by atoms with van der Waals surface area (Å²) in [6, 6.07) is 14.4. The maximum absolute atomic E-state index is 12.1. The van der Waals surface area contributed by atoms with Gasteiger partial charge in [0.25, 0.3) is 0 Å². The average Bonchev–Trinajstić information content (AvgIpc) is 3.36. The molecule has 0 saturated carbocycles. The molecule has 10 heteroatoms. The number of ether oxygens (including phenoxy) is 3. The molecular formula is C23H21N3O7. The van der Waals surface area contributed by atoms with Gasteiger partial charge >= 0.3 is 17.8 Å². The average molecular weight is 451 g/mol. The van der Waals surface area contributed by atoms with Gasteiger partial charge in [0, 0.05) is 0 Å². The van der Waals surface area contributed by atoms with Crippen molar-refractivity contribution < 1.29 is 33.0 Å². The van der Waals surface area contributed by atoms with Crippen LogP contribution in [0, 0.1) is 0 Å². The van der Waals surface area contributed by atoms with E-state index in [0.717, 1.165) is 0 Å². The monoisotopic (exact) mass is 451 g/mol. The Kier molecular flexibility index (Phi) is 7.79. The molecule has 0 aliphatic carbocycles. The maximum Gasteiger partial charge on any atom is 0.379 e. The van der Waals surface area contributed by atoms with Crippen LogP contribution in [0.4, 0.5) is 5.69 Å². The molecule has 1 aromatic heterocycles. The number of carbonyl (C=O) groups excluding carboxylic acids is 3. The zero-order valence-corrected chi connectivity index (χ0v) is 17.9. The highest BCUT2D eigenvalue weighted by atomic mass is 16.6. The molecule has 0 spiro atoms. The molecule has 0 saturated heterocycles. The summed E-state index contributed by atoms with van der Waals surface area (Å²) in [7, 11) is 1.41. The molecule has 0 unspecified atom stereocenters. The van der Waals surface area contributed by atoms with E-state index in [0.29, 0.717) is 23.6 Å². The molecule has 0 atom stereocenters. The number of furan rings is 1. The number of para-hydroxylation sites is 2. The second kappa shape index (κ2) is 11.1. The van der Waals surface area contributed by atoms with E-state index in [9.17, 15) is 14.4 Å². The Balaban J connectivity index is 1.59. The first-order valence-corrected chi connectivity index (χ1v) is 9.81. The number of benzene rings is 2. The number of carbonyl (C=O) groups is 3. The maximum atomic E-state index is 12.1. The summed E-state index contributed by atoms with van der Waals surface area (Å²) in [5.41, 5.74) is 3.03. The van der Waals surface area contributed by atoms with Crippen molar-refractivity contribution in [2.24, 2.45) is 5.10 Å². The van der Waals surface area contributed by atoms with Crippen molar-refractivity contribution in [2.45, 2.75) is 6.92 Å². The van der Waals surface area contributed by atoms with Crippen molar-refractivity contribution in [2.75, 3.05) is 19.0 Å². The minimum absolute atomic E-state index is 0.0487. The number of amides is 2. The van der Waals surface area contributed by atoms with Crippen LogP contribution in [0.1, 0.15) is 23.0 Å². The van der Waals surface area contributed by atoms with Gasteiger partial charge in [-0.3, -0.25) is 9.59 Å². The van der Waals surface area contributed by atoms with Crippen LogP contribution in [-0.2, 0) is 9.59 Å². The molecule has 2 amide bonds. The van der Waals surface area contributed by atoms with Crippen molar-refractivity contribution in [1.82, 2.24) is 5.43 Å². The molecule has 0 aliphatic rings. The molecule has 33 heavy (non-hydrogen) atoms. The smallest absolute Gasteiger partial charge is 0.379 e. The van der Waals surface area contributed by atoms with Gasteiger partial charge < -0.3 is 23.9 Å². The molecule has 3 rings (SSSR count). The number of hydrogen-bond acceptors (Lipinski definition) is 8. The predicted molar refractivity (Wildman–Crippen MR) is 119 cm³/mol. The standard InChI is InChI=1S/C23H21N3O7/c1-3-31-17-8-5-4-7-16(17)25-21(27)22(28)26-24-14-15-10-11-18(20(13-15)30-2)33-23(29)19-9-6-12-32-19/h4-14H,3H2,1-2H3,(H,25,27)(H,26,28)/b24-14+. The van der Waals surface area contributed by atoms with Gasteiger partial charge in [-0.05, 0) is 55.0 Å². The van der Waals surface area contributed by atoms with Crippen LogP contribution in [0.25, 0.3) is 0 Å². The normalized spacial score (nSPS) is 10.5. The Hall–Kier alpha value is -4.60. The van der Waals surface area contributed by atoms with Crippen LogP contribution in [0.2, 0.25) is 0 Å². The summed E-state index contributed by atoms with van der Waals surface area (Å²) in [5.74, 6) is -1.62. The summed E-state index contributed by atoms with van der Waals surface area (Å²) in [4.78, 5) is 36.2. The zero-order valence-electron chi connectivity index (χ0n) is 17.9. The lowest BCUT2D eigenvalue weighted by Crippen LogP contribution is -2.32. The topological polar surface area (TPSA) is 128 Å². The SMILES string of the molecule is CCOc1ccccc1NC(=O)C(=O)N/N=C/c1ccc(OC(=O)c2ccco2)c(OC)c1. The Morgan fingerprint density at radius 3 is 2.55 bits per heavy atom. The van der Waals surface area contributed by atoms with Crippen molar-refractivity contribution in [3.8, 4) is 17.2 Å². The highest BCUT2D eigenvalue weighted by Crippen LogP contribution is 2.28. The number of rotatable bonds is 8. The number of nitrogens with one attached hydrogen (secondary N) is 2. The van der Waals surface area contributed by atoms with Crippen LogP contribution in [0.5, 0.6) is 17.2 Å².